The van der Waals surface area contributed by atoms with E-state index in [1.807, 2.05) is 44.7 Å². The maximum absolute atomic E-state index is 12.2. The summed E-state index contributed by atoms with van der Waals surface area (Å²) < 4.78 is 0. The molecule has 98 valence electrons. The number of aryl methyl sites for hydroxylation is 2. The molecule has 1 atom stereocenters. The fourth-order valence-corrected chi connectivity index (χ4v) is 2.90. The van der Waals surface area contributed by atoms with Crippen molar-refractivity contribution in [3.05, 3.63) is 29.3 Å². The van der Waals surface area contributed by atoms with Crippen molar-refractivity contribution >= 4 is 11.6 Å². The summed E-state index contributed by atoms with van der Waals surface area (Å²) in [4.78, 5) is 14.0. The second-order valence-corrected chi connectivity index (χ2v) is 5.81. The number of aliphatic hydroxyl groups is 1. The van der Waals surface area contributed by atoms with Crippen LogP contribution in [0.25, 0.3) is 0 Å². The van der Waals surface area contributed by atoms with Gasteiger partial charge in [-0.25, -0.2) is 0 Å². The highest BCUT2D eigenvalue weighted by Crippen LogP contribution is 2.39. The lowest BCUT2D eigenvalue weighted by Gasteiger charge is -2.35. The van der Waals surface area contributed by atoms with E-state index in [1.54, 1.807) is 0 Å². The molecule has 1 saturated heterocycles. The van der Waals surface area contributed by atoms with Gasteiger partial charge in [-0.15, -0.1) is 0 Å². The standard InChI is InChI=1S/C15H21NO2/c1-10-5-11(2)7-13(6-10)16-14(18)8-12(9-17)15(16,3)4/h5-7,12,17H,8-9H2,1-4H3. The molecule has 1 heterocycles. The number of aliphatic hydroxyl groups excluding tert-OH is 1. The van der Waals surface area contributed by atoms with Crippen LogP contribution in [-0.4, -0.2) is 23.2 Å². The number of hydrogen-bond acceptors (Lipinski definition) is 2. The van der Waals surface area contributed by atoms with Gasteiger partial charge in [0.2, 0.25) is 5.91 Å². The molecule has 1 aromatic rings. The first-order chi connectivity index (χ1) is 8.36. The van der Waals surface area contributed by atoms with Crippen molar-refractivity contribution in [3.8, 4) is 0 Å². The van der Waals surface area contributed by atoms with Crippen LogP contribution < -0.4 is 4.90 Å². The average molecular weight is 247 g/mol. The van der Waals surface area contributed by atoms with Crippen LogP contribution in [0.3, 0.4) is 0 Å². The Kier molecular flexibility index (Phi) is 3.20. The predicted octanol–water partition coefficient (Wildman–Crippen LogP) is 2.43. The average Bonchev–Trinajstić information content (AvgIpc) is 2.46. The van der Waals surface area contributed by atoms with Crippen LogP contribution in [0.4, 0.5) is 5.69 Å². The quantitative estimate of drug-likeness (QED) is 0.872. The zero-order chi connectivity index (χ0) is 13.5. The van der Waals surface area contributed by atoms with E-state index in [9.17, 15) is 9.90 Å². The summed E-state index contributed by atoms with van der Waals surface area (Å²) in [6.07, 6.45) is 0.427. The molecule has 3 nitrogen and oxygen atoms in total. The van der Waals surface area contributed by atoms with E-state index < -0.39 is 0 Å². The Bertz CT molecular complexity index is 459. The summed E-state index contributed by atoms with van der Waals surface area (Å²) in [6, 6.07) is 6.17. The highest BCUT2D eigenvalue weighted by atomic mass is 16.3. The summed E-state index contributed by atoms with van der Waals surface area (Å²) in [5, 5.41) is 9.41. The van der Waals surface area contributed by atoms with Crippen LogP contribution in [0.2, 0.25) is 0 Å². The maximum atomic E-state index is 12.2. The molecule has 0 bridgehead atoms. The van der Waals surface area contributed by atoms with Crippen LogP contribution in [-0.2, 0) is 4.79 Å². The van der Waals surface area contributed by atoms with Crippen molar-refractivity contribution in [2.75, 3.05) is 11.5 Å². The second kappa shape index (κ2) is 4.39. The molecule has 1 unspecified atom stereocenters. The largest absolute Gasteiger partial charge is 0.396 e. The van der Waals surface area contributed by atoms with Gasteiger partial charge in [-0.2, -0.15) is 0 Å². The van der Waals surface area contributed by atoms with Crippen LogP contribution >= 0.6 is 0 Å². The fourth-order valence-electron chi connectivity index (χ4n) is 2.90. The van der Waals surface area contributed by atoms with Crippen molar-refractivity contribution in [1.29, 1.82) is 0 Å². The van der Waals surface area contributed by atoms with Gasteiger partial charge in [-0.1, -0.05) is 6.07 Å². The highest BCUT2D eigenvalue weighted by molar-refractivity contribution is 5.97. The molecule has 1 aliphatic heterocycles. The molecule has 1 aromatic carbocycles. The molecule has 0 aromatic heterocycles. The number of anilines is 1. The van der Waals surface area contributed by atoms with Gasteiger partial charge in [0.05, 0.1) is 0 Å². The van der Waals surface area contributed by atoms with E-state index in [2.05, 4.69) is 6.07 Å². The van der Waals surface area contributed by atoms with Crippen molar-refractivity contribution in [2.45, 2.75) is 39.7 Å². The van der Waals surface area contributed by atoms with Gasteiger partial charge in [-0.05, 0) is 51.0 Å². The number of hydrogen-bond donors (Lipinski definition) is 1. The Labute approximate surface area is 108 Å². The minimum absolute atomic E-state index is 0.00539. The smallest absolute Gasteiger partial charge is 0.227 e. The molecule has 2 rings (SSSR count). The number of rotatable bonds is 2. The molecular formula is C15H21NO2. The van der Waals surface area contributed by atoms with Crippen molar-refractivity contribution in [2.24, 2.45) is 5.92 Å². The van der Waals surface area contributed by atoms with Crippen LogP contribution in [0.5, 0.6) is 0 Å². The fraction of sp³-hybridized carbons (Fsp3) is 0.533. The van der Waals surface area contributed by atoms with Gasteiger partial charge in [-0.3, -0.25) is 4.79 Å². The summed E-state index contributed by atoms with van der Waals surface area (Å²) in [7, 11) is 0. The lowest BCUT2D eigenvalue weighted by molar-refractivity contribution is -0.117. The van der Waals surface area contributed by atoms with E-state index in [4.69, 9.17) is 0 Å². The Hall–Kier alpha value is -1.35. The Morgan fingerprint density at radius 3 is 2.28 bits per heavy atom. The summed E-state index contributed by atoms with van der Waals surface area (Å²) >= 11 is 0. The zero-order valence-electron chi connectivity index (χ0n) is 11.5. The molecular weight excluding hydrogens is 226 g/mol. The van der Waals surface area contributed by atoms with Gasteiger partial charge >= 0.3 is 0 Å². The SMILES string of the molecule is Cc1cc(C)cc(N2C(=O)CC(CO)C2(C)C)c1. The summed E-state index contributed by atoms with van der Waals surface area (Å²) in [5.41, 5.74) is 2.92. The second-order valence-electron chi connectivity index (χ2n) is 5.81. The van der Waals surface area contributed by atoms with Crippen molar-refractivity contribution < 1.29 is 9.90 Å². The molecule has 0 spiro atoms. The lowest BCUT2D eigenvalue weighted by Crippen LogP contribution is -2.45. The molecule has 0 aliphatic carbocycles. The Balaban J connectivity index is 2.46. The first-order valence-corrected chi connectivity index (χ1v) is 6.38. The lowest BCUT2D eigenvalue weighted by atomic mass is 9.89. The summed E-state index contributed by atoms with van der Waals surface area (Å²) in [6.45, 7) is 8.17. The topological polar surface area (TPSA) is 40.5 Å². The van der Waals surface area contributed by atoms with Crippen LogP contribution in [0.15, 0.2) is 18.2 Å². The molecule has 0 radical (unpaired) electrons. The normalized spacial score (nSPS) is 22.6. The number of carbonyl (C=O) groups is 1. The van der Waals surface area contributed by atoms with Crippen molar-refractivity contribution in [1.82, 2.24) is 0 Å². The Morgan fingerprint density at radius 2 is 1.83 bits per heavy atom. The molecule has 1 aliphatic rings. The predicted molar refractivity (Wildman–Crippen MR) is 72.7 cm³/mol. The van der Waals surface area contributed by atoms with Gasteiger partial charge in [0.25, 0.3) is 0 Å². The van der Waals surface area contributed by atoms with Gasteiger partial charge in [0, 0.05) is 30.2 Å². The van der Waals surface area contributed by atoms with Crippen LogP contribution in [0.1, 0.15) is 31.4 Å². The molecule has 0 saturated carbocycles. The van der Waals surface area contributed by atoms with Crippen LogP contribution in [0, 0.1) is 19.8 Å². The van der Waals surface area contributed by atoms with E-state index in [-0.39, 0.29) is 24.0 Å². The maximum Gasteiger partial charge on any atom is 0.227 e. The first kappa shape index (κ1) is 13.1. The third-order valence-corrected chi connectivity index (χ3v) is 3.93. The third kappa shape index (κ3) is 2.03. The molecule has 1 fully saturated rings. The molecule has 3 heteroatoms. The minimum atomic E-state index is -0.327. The zero-order valence-corrected chi connectivity index (χ0v) is 11.5. The van der Waals surface area contributed by atoms with E-state index in [1.165, 1.54) is 0 Å². The minimum Gasteiger partial charge on any atom is -0.396 e. The monoisotopic (exact) mass is 247 g/mol. The van der Waals surface area contributed by atoms with Crippen molar-refractivity contribution in [3.63, 3.8) is 0 Å². The van der Waals surface area contributed by atoms with E-state index >= 15 is 0 Å². The highest BCUT2D eigenvalue weighted by Gasteiger charge is 2.46. The number of nitrogens with zero attached hydrogens (tertiary/aromatic N) is 1. The van der Waals surface area contributed by atoms with E-state index in [0.29, 0.717) is 6.42 Å². The molecule has 1 amide bonds. The van der Waals surface area contributed by atoms with E-state index in [0.717, 1.165) is 16.8 Å². The van der Waals surface area contributed by atoms with Gasteiger partial charge in [0.1, 0.15) is 0 Å². The first-order valence-electron chi connectivity index (χ1n) is 6.38. The Morgan fingerprint density at radius 1 is 1.28 bits per heavy atom. The third-order valence-electron chi connectivity index (χ3n) is 3.93. The summed E-state index contributed by atoms with van der Waals surface area (Å²) in [5.74, 6) is 0.106. The molecule has 18 heavy (non-hydrogen) atoms. The van der Waals surface area contributed by atoms with Gasteiger partial charge < -0.3 is 10.0 Å². The molecule has 1 N–H and O–H groups in total. The number of carbonyl (C=O) groups excluding carboxylic acids is 1. The number of amides is 1. The number of benzene rings is 1. The van der Waals surface area contributed by atoms with Gasteiger partial charge in [0.15, 0.2) is 0 Å².